The Morgan fingerprint density at radius 1 is 1.35 bits per heavy atom. The van der Waals surface area contributed by atoms with Crippen LogP contribution >= 0.6 is 0 Å². The van der Waals surface area contributed by atoms with Crippen LogP contribution in [0.25, 0.3) is 0 Å². The van der Waals surface area contributed by atoms with Gasteiger partial charge in [-0.3, -0.25) is 9.59 Å². The molecule has 0 spiro atoms. The Morgan fingerprint density at radius 3 is 2.55 bits per heavy atom. The zero-order valence-corrected chi connectivity index (χ0v) is 10.9. The molecule has 0 aliphatic rings. The molecule has 1 rings (SSSR count). The van der Waals surface area contributed by atoms with Gasteiger partial charge >= 0.3 is 5.97 Å². The van der Waals surface area contributed by atoms with Gasteiger partial charge < -0.3 is 21.3 Å². The molecular weight excluding hydrogens is 264 g/mol. The van der Waals surface area contributed by atoms with Gasteiger partial charge in [-0.05, 0) is 25.5 Å². The average Bonchev–Trinajstić information content (AvgIpc) is 2.36. The standard InChI is InChI=1S/C13H16N2O5/c1-7-8(3-2-4-10(7)16)12(18)15-9(13(19)20)5-6-11(14)17/h2-4,9,16H,5-6H2,1H3,(H2,14,17)(H,15,18)(H,19,20). The van der Waals surface area contributed by atoms with Gasteiger partial charge in [0, 0.05) is 17.5 Å². The van der Waals surface area contributed by atoms with Crippen molar-refractivity contribution in [2.45, 2.75) is 25.8 Å². The number of carboxylic acid groups (broad SMARTS) is 1. The molecule has 1 unspecified atom stereocenters. The van der Waals surface area contributed by atoms with Gasteiger partial charge in [-0.15, -0.1) is 0 Å². The molecule has 2 amide bonds. The Kier molecular flexibility index (Phi) is 5.08. The van der Waals surface area contributed by atoms with Crippen LogP contribution < -0.4 is 11.1 Å². The van der Waals surface area contributed by atoms with Crippen LogP contribution in [0.5, 0.6) is 5.75 Å². The van der Waals surface area contributed by atoms with Crippen molar-refractivity contribution in [1.82, 2.24) is 5.32 Å². The van der Waals surface area contributed by atoms with Crippen LogP contribution in [-0.4, -0.2) is 34.0 Å². The van der Waals surface area contributed by atoms with E-state index in [1.807, 2.05) is 0 Å². The molecule has 1 aromatic rings. The lowest BCUT2D eigenvalue weighted by atomic mass is 10.1. The van der Waals surface area contributed by atoms with E-state index in [1.165, 1.54) is 18.2 Å². The van der Waals surface area contributed by atoms with Crippen molar-refractivity contribution in [1.29, 1.82) is 0 Å². The van der Waals surface area contributed by atoms with E-state index in [0.717, 1.165) is 0 Å². The number of amides is 2. The van der Waals surface area contributed by atoms with E-state index in [4.69, 9.17) is 10.8 Å². The first-order valence-electron chi connectivity index (χ1n) is 5.93. The van der Waals surface area contributed by atoms with Crippen molar-refractivity contribution in [3.8, 4) is 5.75 Å². The number of carboxylic acids is 1. The van der Waals surface area contributed by atoms with Gasteiger partial charge in [-0.1, -0.05) is 6.07 Å². The average molecular weight is 280 g/mol. The van der Waals surface area contributed by atoms with Gasteiger partial charge in [-0.25, -0.2) is 4.79 Å². The fourth-order valence-corrected chi connectivity index (χ4v) is 1.65. The molecule has 5 N–H and O–H groups in total. The molecule has 0 bridgehead atoms. The fourth-order valence-electron chi connectivity index (χ4n) is 1.65. The molecule has 0 saturated carbocycles. The predicted octanol–water partition coefficient (Wildman–Crippen LogP) is 0.149. The summed E-state index contributed by atoms with van der Waals surface area (Å²) >= 11 is 0. The second kappa shape index (κ2) is 6.55. The number of phenols is 1. The van der Waals surface area contributed by atoms with Crippen LogP contribution in [0.4, 0.5) is 0 Å². The molecule has 7 nitrogen and oxygen atoms in total. The summed E-state index contributed by atoms with van der Waals surface area (Å²) in [5.41, 5.74) is 5.48. The van der Waals surface area contributed by atoms with Crippen LogP contribution in [-0.2, 0) is 9.59 Å². The van der Waals surface area contributed by atoms with Crippen molar-refractivity contribution < 1.29 is 24.6 Å². The highest BCUT2D eigenvalue weighted by Gasteiger charge is 2.22. The van der Waals surface area contributed by atoms with Gasteiger partial charge in [0.15, 0.2) is 0 Å². The number of hydrogen-bond donors (Lipinski definition) is 4. The first-order chi connectivity index (χ1) is 9.32. The van der Waals surface area contributed by atoms with Gasteiger partial charge in [0.05, 0.1) is 0 Å². The number of carbonyl (C=O) groups excluding carboxylic acids is 2. The van der Waals surface area contributed by atoms with Crippen molar-refractivity contribution in [3.63, 3.8) is 0 Å². The summed E-state index contributed by atoms with van der Waals surface area (Å²) in [5, 5.41) is 20.8. The highest BCUT2D eigenvalue weighted by atomic mass is 16.4. The maximum atomic E-state index is 12.0. The van der Waals surface area contributed by atoms with Crippen LogP contribution in [0.2, 0.25) is 0 Å². The first kappa shape index (κ1) is 15.5. The monoisotopic (exact) mass is 280 g/mol. The number of aliphatic carboxylic acids is 1. The minimum atomic E-state index is -1.25. The van der Waals surface area contributed by atoms with Gasteiger partial charge in [0.2, 0.25) is 5.91 Å². The molecule has 1 aromatic carbocycles. The first-order valence-corrected chi connectivity index (χ1v) is 5.93. The van der Waals surface area contributed by atoms with Crippen LogP contribution in [0.1, 0.15) is 28.8 Å². The third kappa shape index (κ3) is 3.98. The molecule has 1 atom stereocenters. The van der Waals surface area contributed by atoms with Crippen molar-refractivity contribution in [3.05, 3.63) is 29.3 Å². The van der Waals surface area contributed by atoms with E-state index < -0.39 is 23.8 Å². The smallest absolute Gasteiger partial charge is 0.326 e. The van der Waals surface area contributed by atoms with Crippen LogP contribution in [0.3, 0.4) is 0 Å². The summed E-state index contributed by atoms with van der Waals surface area (Å²) in [4.78, 5) is 33.7. The highest BCUT2D eigenvalue weighted by molar-refractivity contribution is 5.98. The lowest BCUT2D eigenvalue weighted by Gasteiger charge is -2.15. The molecule has 0 heterocycles. The summed E-state index contributed by atoms with van der Waals surface area (Å²) in [5.74, 6) is -2.58. The molecule has 0 fully saturated rings. The number of phenolic OH excluding ortho intramolecular Hbond substituents is 1. The summed E-state index contributed by atoms with van der Waals surface area (Å²) < 4.78 is 0. The SMILES string of the molecule is Cc1c(O)cccc1C(=O)NC(CCC(N)=O)C(=O)O. The highest BCUT2D eigenvalue weighted by Crippen LogP contribution is 2.19. The van der Waals surface area contributed by atoms with E-state index in [1.54, 1.807) is 6.92 Å². The van der Waals surface area contributed by atoms with Crippen molar-refractivity contribution >= 4 is 17.8 Å². The number of aromatic hydroxyl groups is 1. The Bertz CT molecular complexity index is 542. The second-order valence-electron chi connectivity index (χ2n) is 4.32. The van der Waals surface area contributed by atoms with E-state index in [2.05, 4.69) is 5.32 Å². The molecule has 20 heavy (non-hydrogen) atoms. The number of hydrogen-bond acceptors (Lipinski definition) is 4. The fraction of sp³-hybridized carbons (Fsp3) is 0.308. The predicted molar refractivity (Wildman–Crippen MR) is 70.2 cm³/mol. The third-order valence-corrected chi connectivity index (χ3v) is 2.83. The maximum absolute atomic E-state index is 12.0. The summed E-state index contributed by atoms with van der Waals surface area (Å²) in [6.45, 7) is 1.55. The molecule has 0 aliphatic heterocycles. The Balaban J connectivity index is 2.83. The van der Waals surface area contributed by atoms with Gasteiger partial charge in [0.25, 0.3) is 5.91 Å². The largest absolute Gasteiger partial charge is 0.508 e. The molecule has 108 valence electrons. The van der Waals surface area contributed by atoms with Crippen LogP contribution in [0.15, 0.2) is 18.2 Å². The maximum Gasteiger partial charge on any atom is 0.326 e. The minimum Gasteiger partial charge on any atom is -0.508 e. The van der Waals surface area contributed by atoms with Gasteiger partial charge in [-0.2, -0.15) is 0 Å². The molecular formula is C13H16N2O5. The lowest BCUT2D eigenvalue weighted by Crippen LogP contribution is -2.41. The van der Waals surface area contributed by atoms with E-state index in [-0.39, 0.29) is 24.2 Å². The van der Waals surface area contributed by atoms with E-state index >= 15 is 0 Å². The third-order valence-electron chi connectivity index (χ3n) is 2.83. The molecule has 0 radical (unpaired) electrons. The lowest BCUT2D eigenvalue weighted by molar-refractivity contribution is -0.139. The quantitative estimate of drug-likeness (QED) is 0.589. The number of primary amides is 1. The molecule has 7 heteroatoms. The Morgan fingerprint density at radius 2 is 2.00 bits per heavy atom. The summed E-state index contributed by atoms with van der Waals surface area (Å²) in [6, 6.07) is 3.17. The number of benzene rings is 1. The number of nitrogens with two attached hydrogens (primary N) is 1. The minimum absolute atomic E-state index is 0.0540. The number of carbonyl (C=O) groups is 3. The van der Waals surface area contributed by atoms with E-state index in [9.17, 15) is 19.5 Å². The Labute approximate surface area is 115 Å². The normalized spacial score (nSPS) is 11.7. The Hall–Kier alpha value is -2.57. The molecule has 0 saturated heterocycles. The zero-order chi connectivity index (χ0) is 15.3. The molecule has 0 aromatic heterocycles. The zero-order valence-electron chi connectivity index (χ0n) is 10.9. The molecule has 0 aliphatic carbocycles. The van der Waals surface area contributed by atoms with Crippen molar-refractivity contribution in [2.24, 2.45) is 5.73 Å². The topological polar surface area (TPSA) is 130 Å². The summed E-state index contributed by atoms with van der Waals surface area (Å²) in [7, 11) is 0. The van der Waals surface area contributed by atoms with Crippen molar-refractivity contribution in [2.75, 3.05) is 0 Å². The van der Waals surface area contributed by atoms with Gasteiger partial charge in [0.1, 0.15) is 11.8 Å². The van der Waals surface area contributed by atoms with Crippen LogP contribution in [0, 0.1) is 6.92 Å². The second-order valence-corrected chi connectivity index (χ2v) is 4.32. The number of rotatable bonds is 6. The van der Waals surface area contributed by atoms with E-state index in [0.29, 0.717) is 5.56 Å². The summed E-state index contributed by atoms with van der Waals surface area (Å²) in [6.07, 6.45) is -0.232. The number of nitrogens with one attached hydrogen (secondary N) is 1.